The average molecular weight is 424 g/mol. The van der Waals surface area contributed by atoms with E-state index in [0.717, 1.165) is 29.5 Å². The molecule has 0 unspecified atom stereocenters. The minimum atomic E-state index is -3.57. The highest BCUT2D eigenvalue weighted by Gasteiger charge is 2.24. The summed E-state index contributed by atoms with van der Waals surface area (Å²) in [6, 6.07) is 8.88. The van der Waals surface area contributed by atoms with Gasteiger partial charge >= 0.3 is 0 Å². The molecule has 11 heteroatoms. The molecule has 0 amide bonds. The van der Waals surface area contributed by atoms with Crippen LogP contribution in [0.4, 0.5) is 25.4 Å². The summed E-state index contributed by atoms with van der Waals surface area (Å²) in [5.74, 6) is -3.06. The molecule has 0 radical (unpaired) electrons. The van der Waals surface area contributed by atoms with Crippen LogP contribution in [0.15, 0.2) is 47.4 Å². The molecule has 0 fully saturated rings. The molecule has 0 saturated carbocycles. The van der Waals surface area contributed by atoms with Gasteiger partial charge in [0.1, 0.15) is 22.3 Å². The molecule has 7 nitrogen and oxygen atoms in total. The van der Waals surface area contributed by atoms with E-state index < -0.39 is 33.0 Å². The van der Waals surface area contributed by atoms with Gasteiger partial charge in [-0.2, -0.15) is 0 Å². The second-order valence-corrected chi connectivity index (χ2v) is 8.40. The fourth-order valence-corrected chi connectivity index (χ4v) is 3.92. The zero-order valence-corrected chi connectivity index (χ0v) is 16.0. The number of nitrogens with one attached hydrogen (secondary N) is 2. The predicted octanol–water partition coefficient (Wildman–Crippen LogP) is 2.89. The van der Waals surface area contributed by atoms with Crippen LogP contribution in [0.2, 0.25) is 0 Å². The van der Waals surface area contributed by atoms with Gasteiger partial charge in [-0.15, -0.1) is 0 Å². The zero-order chi connectivity index (χ0) is 20.5. The fraction of sp³-hybridized carbons (Fsp3) is 0.0588. The summed E-state index contributed by atoms with van der Waals surface area (Å²) in [5.41, 5.74) is 5.52. The highest BCUT2D eigenvalue weighted by Crippen LogP contribution is 2.31. The molecular weight excluding hydrogens is 410 g/mol. The van der Waals surface area contributed by atoms with Crippen molar-refractivity contribution < 1.29 is 22.0 Å². The Hall–Kier alpha value is -2.89. The van der Waals surface area contributed by atoms with Gasteiger partial charge in [0.05, 0.1) is 10.5 Å². The molecule has 0 aliphatic carbocycles. The number of carbonyl (C=O) groups is 1. The van der Waals surface area contributed by atoms with Crippen LogP contribution in [0.3, 0.4) is 0 Å². The number of hydrogen-bond acceptors (Lipinski definition) is 7. The van der Waals surface area contributed by atoms with Gasteiger partial charge in [-0.05, 0) is 43.4 Å². The molecule has 1 aromatic heterocycles. The SMILES string of the molecule is CNS(=O)(=O)c1ccc(Nc2nc(N)c(C(=O)c3c(F)cccc3F)s2)cc1. The first-order valence-corrected chi connectivity index (χ1v) is 10.1. The topological polar surface area (TPSA) is 114 Å². The maximum Gasteiger partial charge on any atom is 0.240 e. The minimum Gasteiger partial charge on any atom is -0.382 e. The van der Waals surface area contributed by atoms with Gasteiger partial charge in [-0.1, -0.05) is 17.4 Å². The molecule has 0 aliphatic rings. The van der Waals surface area contributed by atoms with Gasteiger partial charge in [-0.3, -0.25) is 4.79 Å². The van der Waals surface area contributed by atoms with Crippen molar-refractivity contribution in [2.24, 2.45) is 0 Å². The Labute approximate surface area is 163 Å². The summed E-state index contributed by atoms with van der Waals surface area (Å²) >= 11 is 0.828. The van der Waals surface area contributed by atoms with Crippen LogP contribution in [-0.4, -0.2) is 26.2 Å². The molecule has 2 aromatic carbocycles. The number of nitrogens with two attached hydrogens (primary N) is 1. The van der Waals surface area contributed by atoms with E-state index in [2.05, 4.69) is 15.0 Å². The first kappa shape index (κ1) is 19.9. The van der Waals surface area contributed by atoms with Crippen LogP contribution >= 0.6 is 11.3 Å². The summed E-state index contributed by atoms with van der Waals surface area (Å²) in [6.45, 7) is 0. The van der Waals surface area contributed by atoms with Crippen molar-refractivity contribution in [2.45, 2.75) is 4.90 Å². The number of rotatable bonds is 6. The molecule has 4 N–H and O–H groups in total. The van der Waals surface area contributed by atoms with E-state index in [9.17, 15) is 22.0 Å². The first-order valence-electron chi connectivity index (χ1n) is 7.78. The van der Waals surface area contributed by atoms with Gasteiger partial charge in [0.25, 0.3) is 0 Å². The maximum atomic E-state index is 13.8. The molecular formula is C17H14F2N4O3S2. The molecule has 146 valence electrons. The molecule has 3 rings (SSSR count). The standard InChI is InChI=1S/C17H14F2N4O3S2/c1-21-28(25,26)10-7-5-9(6-8-10)22-17-23-16(20)15(27-17)14(24)13-11(18)3-2-4-12(13)19/h2-8,21H,20H2,1H3,(H,22,23). The number of halogens is 2. The van der Waals surface area contributed by atoms with Gasteiger partial charge in [-0.25, -0.2) is 26.9 Å². The maximum absolute atomic E-state index is 13.8. The van der Waals surface area contributed by atoms with Crippen molar-refractivity contribution in [1.82, 2.24) is 9.71 Å². The molecule has 28 heavy (non-hydrogen) atoms. The number of nitrogen functional groups attached to an aromatic ring is 1. The third-order valence-corrected chi connectivity index (χ3v) is 6.15. The highest BCUT2D eigenvalue weighted by atomic mass is 32.2. The van der Waals surface area contributed by atoms with Crippen LogP contribution in [0.25, 0.3) is 0 Å². The largest absolute Gasteiger partial charge is 0.382 e. The van der Waals surface area contributed by atoms with Gasteiger partial charge in [0.2, 0.25) is 15.8 Å². The van der Waals surface area contributed by atoms with E-state index in [1.165, 1.54) is 31.3 Å². The Morgan fingerprint density at radius 2 is 1.71 bits per heavy atom. The number of aromatic nitrogens is 1. The molecule has 3 aromatic rings. The van der Waals surface area contributed by atoms with Crippen molar-refractivity contribution in [3.8, 4) is 0 Å². The second-order valence-electron chi connectivity index (χ2n) is 5.52. The number of sulfonamides is 1. The van der Waals surface area contributed by atoms with Crippen molar-refractivity contribution in [1.29, 1.82) is 0 Å². The van der Waals surface area contributed by atoms with E-state index in [-0.39, 0.29) is 20.7 Å². The van der Waals surface area contributed by atoms with E-state index >= 15 is 0 Å². The third kappa shape index (κ3) is 3.86. The Bertz CT molecular complexity index is 1130. The van der Waals surface area contributed by atoms with Crippen LogP contribution in [-0.2, 0) is 10.0 Å². The number of anilines is 3. The quantitative estimate of drug-likeness (QED) is 0.524. The van der Waals surface area contributed by atoms with Gasteiger partial charge in [0.15, 0.2) is 5.13 Å². The van der Waals surface area contributed by atoms with Crippen LogP contribution in [0.5, 0.6) is 0 Å². The lowest BCUT2D eigenvalue weighted by molar-refractivity contribution is 0.103. The normalized spacial score (nSPS) is 11.4. The summed E-state index contributed by atoms with van der Waals surface area (Å²) in [6.07, 6.45) is 0. The molecule has 1 heterocycles. The zero-order valence-electron chi connectivity index (χ0n) is 14.4. The smallest absolute Gasteiger partial charge is 0.240 e. The summed E-state index contributed by atoms with van der Waals surface area (Å²) in [7, 11) is -2.26. The van der Waals surface area contributed by atoms with Crippen LogP contribution in [0, 0.1) is 11.6 Å². The Morgan fingerprint density at radius 3 is 2.29 bits per heavy atom. The van der Waals surface area contributed by atoms with Gasteiger partial charge in [0, 0.05) is 5.69 Å². The van der Waals surface area contributed by atoms with Crippen LogP contribution in [0.1, 0.15) is 15.2 Å². The lowest BCUT2D eigenvalue weighted by Gasteiger charge is -2.05. The lowest BCUT2D eigenvalue weighted by atomic mass is 10.1. The van der Waals surface area contributed by atoms with Crippen molar-refractivity contribution >= 4 is 43.8 Å². The molecule has 0 spiro atoms. The Balaban J connectivity index is 1.86. The van der Waals surface area contributed by atoms with Crippen molar-refractivity contribution in [3.05, 3.63) is 64.5 Å². The monoisotopic (exact) mass is 424 g/mol. The second kappa shape index (κ2) is 7.62. The average Bonchev–Trinajstić information content (AvgIpc) is 3.02. The van der Waals surface area contributed by atoms with E-state index in [1.807, 2.05) is 0 Å². The van der Waals surface area contributed by atoms with E-state index in [1.54, 1.807) is 0 Å². The van der Waals surface area contributed by atoms with E-state index in [4.69, 9.17) is 5.73 Å². The Kier molecular flexibility index (Phi) is 5.40. The third-order valence-electron chi connectivity index (χ3n) is 3.73. The number of thiazole rings is 1. The molecule has 0 bridgehead atoms. The predicted molar refractivity (Wildman–Crippen MR) is 102 cm³/mol. The fourth-order valence-electron chi connectivity index (χ4n) is 2.34. The first-order chi connectivity index (χ1) is 13.2. The highest BCUT2D eigenvalue weighted by molar-refractivity contribution is 7.89. The van der Waals surface area contributed by atoms with Crippen LogP contribution < -0.4 is 15.8 Å². The van der Waals surface area contributed by atoms with Gasteiger partial charge < -0.3 is 11.1 Å². The lowest BCUT2D eigenvalue weighted by Crippen LogP contribution is -2.18. The van der Waals surface area contributed by atoms with Crippen molar-refractivity contribution in [3.63, 3.8) is 0 Å². The molecule has 0 aliphatic heterocycles. The number of hydrogen-bond donors (Lipinski definition) is 3. The number of nitrogens with zero attached hydrogens (tertiary/aromatic N) is 1. The van der Waals surface area contributed by atoms with Crippen molar-refractivity contribution in [2.75, 3.05) is 18.1 Å². The van der Waals surface area contributed by atoms with E-state index in [0.29, 0.717) is 5.69 Å². The summed E-state index contributed by atoms with van der Waals surface area (Å²) in [5, 5.41) is 3.08. The number of carbonyl (C=O) groups excluding carboxylic acids is 1. The summed E-state index contributed by atoms with van der Waals surface area (Å²) in [4.78, 5) is 16.4. The molecule has 0 saturated heterocycles. The Morgan fingerprint density at radius 1 is 1.11 bits per heavy atom. The minimum absolute atomic E-state index is 0.0742. The summed E-state index contributed by atoms with van der Waals surface area (Å²) < 4.78 is 53.3. The molecule has 0 atom stereocenters. The number of benzene rings is 2. The number of ketones is 1.